The van der Waals surface area contributed by atoms with Crippen LogP contribution in [-0.4, -0.2) is 61.5 Å². The van der Waals surface area contributed by atoms with E-state index in [0.29, 0.717) is 6.42 Å². The third kappa shape index (κ3) is 3.95. The van der Waals surface area contributed by atoms with Gasteiger partial charge in [0.2, 0.25) is 5.91 Å². The Morgan fingerprint density at radius 1 is 1.11 bits per heavy atom. The number of rotatable bonds is 4. The van der Waals surface area contributed by atoms with Gasteiger partial charge in [-0.2, -0.15) is 0 Å². The fraction of sp³-hybridized carbons (Fsp3) is 0.929. The van der Waals surface area contributed by atoms with E-state index >= 15 is 0 Å². The van der Waals surface area contributed by atoms with Crippen molar-refractivity contribution in [2.45, 2.75) is 44.6 Å². The third-order valence-electron chi connectivity index (χ3n) is 4.43. The maximum absolute atomic E-state index is 11.2. The Kier molecular flexibility index (Phi) is 5.45. The Morgan fingerprint density at radius 2 is 1.78 bits per heavy atom. The Balaban J connectivity index is 1.66. The quantitative estimate of drug-likeness (QED) is 0.814. The van der Waals surface area contributed by atoms with Crippen LogP contribution in [-0.2, 0) is 4.79 Å². The van der Waals surface area contributed by atoms with Crippen molar-refractivity contribution in [3.8, 4) is 0 Å². The number of nitrogens with one attached hydrogen (secondary N) is 1. The summed E-state index contributed by atoms with van der Waals surface area (Å²) in [5.74, 6) is 0.157. The van der Waals surface area contributed by atoms with Gasteiger partial charge in [-0.25, -0.2) is 0 Å². The van der Waals surface area contributed by atoms with Crippen LogP contribution in [0, 0.1) is 0 Å². The lowest BCUT2D eigenvalue weighted by Crippen LogP contribution is -2.51. The summed E-state index contributed by atoms with van der Waals surface area (Å²) in [4.78, 5) is 16.3. The number of amides is 1. The van der Waals surface area contributed by atoms with Crippen LogP contribution in [0.2, 0.25) is 0 Å². The molecule has 1 aliphatic heterocycles. The van der Waals surface area contributed by atoms with Crippen molar-refractivity contribution < 1.29 is 4.79 Å². The molecule has 1 amide bonds. The van der Waals surface area contributed by atoms with E-state index in [0.717, 1.165) is 25.7 Å². The van der Waals surface area contributed by atoms with E-state index in [-0.39, 0.29) is 5.91 Å². The normalized spacial score (nSPS) is 24.1. The molecule has 1 heterocycles. The smallest absolute Gasteiger partial charge is 0.221 e. The van der Waals surface area contributed by atoms with Crippen LogP contribution < -0.4 is 5.32 Å². The fourth-order valence-electron chi connectivity index (χ4n) is 3.18. The highest BCUT2D eigenvalue weighted by atomic mass is 16.1. The number of carbonyl (C=O) groups excluding carboxylic acids is 1. The van der Waals surface area contributed by atoms with Gasteiger partial charge in [0.25, 0.3) is 0 Å². The van der Waals surface area contributed by atoms with Gasteiger partial charge >= 0.3 is 0 Å². The lowest BCUT2D eigenvalue weighted by Gasteiger charge is -2.40. The maximum Gasteiger partial charge on any atom is 0.221 e. The first-order valence-electron chi connectivity index (χ1n) is 7.46. The Morgan fingerprint density at radius 3 is 2.39 bits per heavy atom. The van der Waals surface area contributed by atoms with Gasteiger partial charge in [-0.3, -0.25) is 9.69 Å². The van der Waals surface area contributed by atoms with Gasteiger partial charge in [-0.15, -0.1) is 0 Å². The average molecular weight is 253 g/mol. The molecular formula is C14H27N3O. The summed E-state index contributed by atoms with van der Waals surface area (Å²) in [6, 6.07) is 0.847. The standard InChI is InChI=1S/C14H27N3O/c1-15-14(18)7-8-16-9-11-17(12-10-16)13-5-3-2-4-6-13/h13H,2-12H2,1H3,(H,15,18). The maximum atomic E-state index is 11.2. The summed E-state index contributed by atoms with van der Waals surface area (Å²) in [6.07, 6.45) is 7.71. The number of hydrogen-bond donors (Lipinski definition) is 1. The highest BCUT2D eigenvalue weighted by Crippen LogP contribution is 2.23. The van der Waals surface area contributed by atoms with Crippen molar-refractivity contribution in [1.29, 1.82) is 0 Å². The van der Waals surface area contributed by atoms with Crippen LogP contribution in [0.4, 0.5) is 0 Å². The van der Waals surface area contributed by atoms with Gasteiger partial charge in [-0.1, -0.05) is 19.3 Å². The largest absolute Gasteiger partial charge is 0.359 e. The fourth-order valence-corrected chi connectivity index (χ4v) is 3.18. The van der Waals surface area contributed by atoms with Gasteiger partial charge in [0.1, 0.15) is 0 Å². The Labute approximate surface area is 111 Å². The molecule has 1 saturated heterocycles. The molecule has 0 atom stereocenters. The zero-order valence-corrected chi connectivity index (χ0v) is 11.7. The predicted octanol–water partition coefficient (Wildman–Crippen LogP) is 1.07. The lowest BCUT2D eigenvalue weighted by atomic mass is 9.94. The molecule has 0 aromatic heterocycles. The molecule has 0 bridgehead atoms. The van der Waals surface area contributed by atoms with Crippen molar-refractivity contribution in [1.82, 2.24) is 15.1 Å². The monoisotopic (exact) mass is 253 g/mol. The molecule has 2 rings (SSSR count). The number of piperazine rings is 1. The van der Waals surface area contributed by atoms with Crippen molar-refractivity contribution in [2.24, 2.45) is 0 Å². The molecule has 4 nitrogen and oxygen atoms in total. The van der Waals surface area contributed by atoms with Crippen LogP contribution in [0.1, 0.15) is 38.5 Å². The molecule has 0 unspecified atom stereocenters. The summed E-state index contributed by atoms with van der Waals surface area (Å²) >= 11 is 0. The lowest BCUT2D eigenvalue weighted by molar-refractivity contribution is -0.121. The van der Waals surface area contributed by atoms with Crippen molar-refractivity contribution in [3.05, 3.63) is 0 Å². The average Bonchev–Trinajstić information content (AvgIpc) is 2.46. The Hall–Kier alpha value is -0.610. The predicted molar refractivity (Wildman–Crippen MR) is 73.6 cm³/mol. The van der Waals surface area contributed by atoms with E-state index in [4.69, 9.17) is 0 Å². The third-order valence-corrected chi connectivity index (χ3v) is 4.43. The minimum atomic E-state index is 0.157. The number of nitrogens with zero attached hydrogens (tertiary/aromatic N) is 2. The first kappa shape index (κ1) is 13.8. The topological polar surface area (TPSA) is 35.6 Å². The van der Waals surface area contributed by atoms with Crippen molar-refractivity contribution >= 4 is 5.91 Å². The minimum absolute atomic E-state index is 0.157. The second kappa shape index (κ2) is 7.10. The van der Waals surface area contributed by atoms with Crippen molar-refractivity contribution in [3.63, 3.8) is 0 Å². The first-order valence-corrected chi connectivity index (χ1v) is 7.46. The second-order valence-electron chi connectivity index (χ2n) is 5.59. The highest BCUT2D eigenvalue weighted by molar-refractivity contribution is 5.75. The minimum Gasteiger partial charge on any atom is -0.359 e. The number of carbonyl (C=O) groups is 1. The summed E-state index contributed by atoms with van der Waals surface area (Å²) in [7, 11) is 1.71. The summed E-state index contributed by atoms with van der Waals surface area (Å²) in [6.45, 7) is 5.57. The molecule has 0 spiro atoms. The molecular weight excluding hydrogens is 226 g/mol. The van der Waals surface area contributed by atoms with Crippen LogP contribution in [0.5, 0.6) is 0 Å². The van der Waals surface area contributed by atoms with E-state index < -0.39 is 0 Å². The van der Waals surface area contributed by atoms with Gasteiger partial charge in [0, 0.05) is 52.2 Å². The van der Waals surface area contributed by atoms with Crippen LogP contribution in [0.15, 0.2) is 0 Å². The van der Waals surface area contributed by atoms with Crippen molar-refractivity contribution in [2.75, 3.05) is 39.8 Å². The van der Waals surface area contributed by atoms with Crippen LogP contribution in [0.3, 0.4) is 0 Å². The van der Waals surface area contributed by atoms with E-state index in [9.17, 15) is 4.79 Å². The molecule has 2 aliphatic rings. The zero-order chi connectivity index (χ0) is 12.8. The van der Waals surface area contributed by atoms with Gasteiger partial charge in [0.15, 0.2) is 0 Å². The van der Waals surface area contributed by atoms with E-state index in [1.807, 2.05) is 0 Å². The first-order chi connectivity index (χ1) is 8.79. The molecule has 0 radical (unpaired) electrons. The molecule has 1 saturated carbocycles. The highest BCUT2D eigenvalue weighted by Gasteiger charge is 2.24. The van der Waals surface area contributed by atoms with E-state index in [1.165, 1.54) is 45.2 Å². The molecule has 4 heteroatoms. The van der Waals surface area contributed by atoms with Crippen LogP contribution in [0.25, 0.3) is 0 Å². The second-order valence-corrected chi connectivity index (χ2v) is 5.59. The summed E-state index contributed by atoms with van der Waals surface area (Å²) in [5, 5.41) is 2.69. The molecule has 104 valence electrons. The van der Waals surface area contributed by atoms with Gasteiger partial charge in [-0.05, 0) is 12.8 Å². The Bertz CT molecular complexity index is 256. The van der Waals surface area contributed by atoms with E-state index in [1.54, 1.807) is 7.05 Å². The zero-order valence-electron chi connectivity index (χ0n) is 11.7. The van der Waals surface area contributed by atoms with Crippen LogP contribution >= 0.6 is 0 Å². The molecule has 0 aromatic rings. The SMILES string of the molecule is CNC(=O)CCN1CCN(C2CCCCC2)CC1. The molecule has 1 N–H and O–H groups in total. The summed E-state index contributed by atoms with van der Waals surface area (Å²) < 4.78 is 0. The van der Waals surface area contributed by atoms with Gasteiger partial charge < -0.3 is 10.2 Å². The molecule has 2 fully saturated rings. The van der Waals surface area contributed by atoms with E-state index in [2.05, 4.69) is 15.1 Å². The summed E-state index contributed by atoms with van der Waals surface area (Å²) in [5.41, 5.74) is 0. The number of hydrogen-bond acceptors (Lipinski definition) is 3. The molecule has 1 aliphatic carbocycles. The molecule has 18 heavy (non-hydrogen) atoms. The molecule has 0 aromatic carbocycles. The van der Waals surface area contributed by atoms with Gasteiger partial charge in [0.05, 0.1) is 0 Å².